The largest absolute Gasteiger partial charge is 0.496 e. The van der Waals surface area contributed by atoms with Crippen molar-refractivity contribution in [3.8, 4) is 5.75 Å². The lowest BCUT2D eigenvalue weighted by Gasteiger charge is -2.42. The van der Waals surface area contributed by atoms with Gasteiger partial charge in [0.25, 0.3) is 0 Å². The van der Waals surface area contributed by atoms with Crippen molar-refractivity contribution in [2.45, 2.75) is 32.4 Å². The number of ether oxygens (including phenoxy) is 2. The Morgan fingerprint density at radius 3 is 2.70 bits per heavy atom. The zero-order valence-corrected chi connectivity index (χ0v) is 12.8. The predicted octanol–water partition coefficient (Wildman–Crippen LogP) is 2.80. The smallest absolute Gasteiger partial charge is 0.122 e. The molecule has 0 N–H and O–H groups in total. The minimum absolute atomic E-state index is 0.416. The van der Waals surface area contributed by atoms with Crippen molar-refractivity contribution in [2.75, 3.05) is 27.4 Å². The number of benzene rings is 1. The van der Waals surface area contributed by atoms with Crippen LogP contribution in [0, 0.1) is 13.8 Å². The number of morpholine rings is 1. The van der Waals surface area contributed by atoms with E-state index >= 15 is 0 Å². The van der Waals surface area contributed by atoms with Crippen LogP contribution in [0.1, 0.15) is 23.1 Å². The molecule has 2 aliphatic rings. The Labute approximate surface area is 121 Å². The molecule has 3 nitrogen and oxygen atoms in total. The molecule has 2 bridgehead atoms. The third kappa shape index (κ3) is 2.25. The van der Waals surface area contributed by atoms with E-state index in [1.54, 1.807) is 7.11 Å². The molecule has 0 spiro atoms. The highest BCUT2D eigenvalue weighted by atomic mass is 16.5. The molecule has 2 atom stereocenters. The van der Waals surface area contributed by atoms with E-state index in [1.165, 1.54) is 22.3 Å². The van der Waals surface area contributed by atoms with E-state index in [4.69, 9.17) is 9.47 Å². The van der Waals surface area contributed by atoms with Crippen LogP contribution in [-0.4, -0.2) is 44.4 Å². The maximum atomic E-state index is 5.68. The number of aryl methyl sites for hydroxylation is 2. The van der Waals surface area contributed by atoms with Gasteiger partial charge in [0.05, 0.1) is 26.4 Å². The summed E-state index contributed by atoms with van der Waals surface area (Å²) in [6.45, 7) is 5.94. The van der Waals surface area contributed by atoms with Crippen LogP contribution < -0.4 is 4.74 Å². The van der Waals surface area contributed by atoms with E-state index < -0.39 is 0 Å². The van der Waals surface area contributed by atoms with Crippen molar-refractivity contribution in [1.82, 2.24) is 4.90 Å². The van der Waals surface area contributed by atoms with Crippen LogP contribution in [-0.2, 0) is 4.74 Å². The molecule has 0 aromatic heterocycles. The molecule has 0 aliphatic carbocycles. The summed E-state index contributed by atoms with van der Waals surface area (Å²) < 4.78 is 11.1. The first-order valence-electron chi connectivity index (χ1n) is 7.26. The average molecular weight is 273 g/mol. The maximum Gasteiger partial charge on any atom is 0.122 e. The van der Waals surface area contributed by atoms with Gasteiger partial charge in [0.2, 0.25) is 0 Å². The van der Waals surface area contributed by atoms with Crippen LogP contribution in [0.4, 0.5) is 0 Å². The topological polar surface area (TPSA) is 21.7 Å². The molecular weight excluding hydrogens is 250 g/mol. The highest BCUT2D eigenvalue weighted by Gasteiger charge is 2.32. The van der Waals surface area contributed by atoms with E-state index in [2.05, 4.69) is 44.0 Å². The highest BCUT2D eigenvalue weighted by Crippen LogP contribution is 2.35. The van der Waals surface area contributed by atoms with E-state index in [0.29, 0.717) is 12.1 Å². The first-order valence-corrected chi connectivity index (χ1v) is 7.26. The SMILES string of the molecule is COc1cc(C)c(C2=CC3COCC(C2)N3C)cc1C. The van der Waals surface area contributed by atoms with E-state index in [0.717, 1.165) is 25.4 Å². The fraction of sp³-hybridized carbons (Fsp3) is 0.529. The van der Waals surface area contributed by atoms with Crippen LogP contribution in [0.25, 0.3) is 5.57 Å². The van der Waals surface area contributed by atoms with Gasteiger partial charge in [-0.05, 0) is 61.7 Å². The van der Waals surface area contributed by atoms with Crippen molar-refractivity contribution >= 4 is 5.57 Å². The van der Waals surface area contributed by atoms with E-state index in [-0.39, 0.29) is 0 Å². The Hall–Kier alpha value is -1.32. The molecule has 108 valence electrons. The predicted molar refractivity (Wildman–Crippen MR) is 81.2 cm³/mol. The summed E-state index contributed by atoms with van der Waals surface area (Å²) in [6, 6.07) is 5.34. The number of hydrogen-bond donors (Lipinski definition) is 0. The fourth-order valence-corrected chi connectivity index (χ4v) is 3.31. The summed E-state index contributed by atoms with van der Waals surface area (Å²) in [5.74, 6) is 0.975. The molecule has 20 heavy (non-hydrogen) atoms. The summed E-state index contributed by atoms with van der Waals surface area (Å²) in [5.41, 5.74) is 5.33. The van der Waals surface area contributed by atoms with Crippen LogP contribution in [0.5, 0.6) is 5.75 Å². The summed E-state index contributed by atoms with van der Waals surface area (Å²) >= 11 is 0. The number of hydrogen-bond acceptors (Lipinski definition) is 3. The van der Waals surface area contributed by atoms with Crippen LogP contribution >= 0.6 is 0 Å². The third-order valence-electron chi connectivity index (χ3n) is 4.63. The lowest BCUT2D eigenvalue weighted by atomic mass is 9.87. The van der Waals surface area contributed by atoms with Crippen molar-refractivity contribution < 1.29 is 9.47 Å². The third-order valence-corrected chi connectivity index (χ3v) is 4.63. The minimum Gasteiger partial charge on any atom is -0.496 e. The average Bonchev–Trinajstić information content (AvgIpc) is 2.41. The minimum atomic E-state index is 0.416. The molecule has 0 amide bonds. The van der Waals surface area contributed by atoms with Gasteiger partial charge in [0.1, 0.15) is 5.75 Å². The van der Waals surface area contributed by atoms with Crippen LogP contribution in [0.3, 0.4) is 0 Å². The van der Waals surface area contributed by atoms with E-state index in [9.17, 15) is 0 Å². The number of likely N-dealkylation sites (N-methyl/N-ethyl adjacent to an activating group) is 1. The van der Waals surface area contributed by atoms with Gasteiger partial charge in [0.15, 0.2) is 0 Å². The van der Waals surface area contributed by atoms with Gasteiger partial charge in [0, 0.05) is 6.04 Å². The number of methoxy groups -OCH3 is 1. The van der Waals surface area contributed by atoms with Gasteiger partial charge < -0.3 is 9.47 Å². The van der Waals surface area contributed by atoms with Crippen LogP contribution in [0.15, 0.2) is 18.2 Å². The van der Waals surface area contributed by atoms with Gasteiger partial charge in [-0.15, -0.1) is 0 Å². The molecule has 2 heterocycles. The van der Waals surface area contributed by atoms with E-state index in [1.807, 2.05) is 0 Å². The summed E-state index contributed by atoms with van der Waals surface area (Å²) in [4.78, 5) is 2.44. The zero-order chi connectivity index (χ0) is 14.3. The normalized spacial score (nSPS) is 26.3. The molecule has 1 aromatic carbocycles. The maximum absolute atomic E-state index is 5.68. The molecule has 1 fully saturated rings. The fourth-order valence-electron chi connectivity index (χ4n) is 3.31. The number of fused-ring (bicyclic) bond motifs is 2. The number of nitrogens with zero attached hydrogens (tertiary/aromatic N) is 1. The number of rotatable bonds is 2. The van der Waals surface area contributed by atoms with Gasteiger partial charge in [-0.3, -0.25) is 4.90 Å². The van der Waals surface area contributed by atoms with Gasteiger partial charge >= 0.3 is 0 Å². The second-order valence-electron chi connectivity index (χ2n) is 5.96. The van der Waals surface area contributed by atoms with Gasteiger partial charge in [-0.25, -0.2) is 0 Å². The molecule has 3 rings (SSSR count). The summed E-state index contributed by atoms with van der Waals surface area (Å²) in [6.07, 6.45) is 3.45. The molecule has 3 heteroatoms. The second kappa shape index (κ2) is 5.23. The molecule has 2 unspecified atom stereocenters. The molecule has 0 saturated carbocycles. The van der Waals surface area contributed by atoms with Crippen molar-refractivity contribution in [3.63, 3.8) is 0 Å². The Kier molecular flexibility index (Phi) is 3.57. The molecule has 2 aliphatic heterocycles. The van der Waals surface area contributed by atoms with Gasteiger partial charge in [-0.1, -0.05) is 6.08 Å². The Balaban J connectivity index is 1.99. The second-order valence-corrected chi connectivity index (χ2v) is 5.96. The summed E-state index contributed by atoms with van der Waals surface area (Å²) in [5, 5.41) is 0. The van der Waals surface area contributed by atoms with Crippen molar-refractivity contribution in [1.29, 1.82) is 0 Å². The molecule has 1 aromatic rings. The molecular formula is C17H23NO2. The lowest BCUT2D eigenvalue weighted by molar-refractivity contribution is -0.0221. The monoisotopic (exact) mass is 273 g/mol. The van der Waals surface area contributed by atoms with Crippen LogP contribution in [0.2, 0.25) is 0 Å². The Bertz CT molecular complexity index is 550. The van der Waals surface area contributed by atoms with Gasteiger partial charge in [-0.2, -0.15) is 0 Å². The Morgan fingerprint density at radius 1 is 1.20 bits per heavy atom. The van der Waals surface area contributed by atoms with Crippen molar-refractivity contribution in [2.24, 2.45) is 0 Å². The molecule has 0 radical (unpaired) electrons. The quantitative estimate of drug-likeness (QED) is 0.827. The molecule has 1 saturated heterocycles. The zero-order valence-electron chi connectivity index (χ0n) is 12.8. The standard InChI is InChI=1S/C17H23NO2/c1-11-6-17(19-4)12(2)5-16(11)13-7-14-9-20-10-15(8-13)18(14)3/h5-7,14-15H,8-10H2,1-4H3. The first kappa shape index (κ1) is 13.7. The lowest BCUT2D eigenvalue weighted by Crippen LogP contribution is -2.51. The first-order chi connectivity index (χ1) is 9.60. The Morgan fingerprint density at radius 2 is 2.00 bits per heavy atom. The summed E-state index contributed by atoms with van der Waals surface area (Å²) in [7, 11) is 3.94. The highest BCUT2D eigenvalue weighted by molar-refractivity contribution is 5.71. The van der Waals surface area contributed by atoms with Crippen molar-refractivity contribution in [3.05, 3.63) is 34.9 Å².